The van der Waals surface area contributed by atoms with E-state index in [0.29, 0.717) is 17.0 Å². The van der Waals surface area contributed by atoms with Gasteiger partial charge in [-0.05, 0) is 23.8 Å². The number of aliphatic hydroxyl groups excluding tert-OH is 1. The quantitative estimate of drug-likeness (QED) is 0.362. The molecule has 3 aliphatic rings. The van der Waals surface area contributed by atoms with Crippen molar-refractivity contribution in [2.75, 3.05) is 58.1 Å². The third-order valence-corrected chi connectivity index (χ3v) is 6.60. The first-order chi connectivity index (χ1) is 20.7. The lowest BCUT2D eigenvalue weighted by molar-refractivity contribution is -0.137. The van der Waals surface area contributed by atoms with Gasteiger partial charge in [0.1, 0.15) is 29.8 Å². The van der Waals surface area contributed by atoms with E-state index in [1.807, 2.05) is 29.8 Å². The first-order valence-electron chi connectivity index (χ1n) is 13.2. The van der Waals surface area contributed by atoms with Crippen LogP contribution in [0.25, 0.3) is 5.57 Å². The number of carboxylic acids is 1. The van der Waals surface area contributed by atoms with Crippen LogP contribution in [0.2, 0.25) is 0 Å². The number of rotatable bonds is 9. The Hall–Kier alpha value is -4.65. The lowest BCUT2D eigenvalue weighted by Crippen LogP contribution is -2.46. The highest BCUT2D eigenvalue weighted by atomic mass is 19.3. The largest absolute Gasteiger partial charge is 0.490 e. The number of hydrogen-bond acceptors (Lipinski definition) is 11. The molecule has 15 heteroatoms. The highest BCUT2D eigenvalue weighted by Crippen LogP contribution is 2.42. The summed E-state index contributed by atoms with van der Waals surface area (Å²) in [4.78, 5) is 22.4. The fourth-order valence-electron chi connectivity index (χ4n) is 4.61. The van der Waals surface area contributed by atoms with Gasteiger partial charge in [-0.2, -0.15) is 19.5 Å². The molecule has 12 nitrogen and oxygen atoms in total. The van der Waals surface area contributed by atoms with E-state index < -0.39 is 24.3 Å². The number of nitriles is 1. The smallest absolute Gasteiger partial charge is 0.357 e. The van der Waals surface area contributed by atoms with Crippen molar-refractivity contribution >= 4 is 17.4 Å². The number of piperazine rings is 1. The topological polar surface area (TPSA) is 147 Å². The third kappa shape index (κ3) is 7.60. The number of ether oxygens (including phenoxy) is 2. The number of halogens is 3. The van der Waals surface area contributed by atoms with Crippen LogP contribution in [0.15, 0.2) is 66.0 Å². The lowest BCUT2D eigenvalue weighted by atomic mass is 9.98. The molecule has 0 unspecified atom stereocenters. The molecule has 5 heterocycles. The average molecular weight is 602 g/mol. The molecule has 43 heavy (non-hydrogen) atoms. The number of hydrazine groups is 1. The molecular weight excluding hydrogens is 571 g/mol. The van der Waals surface area contributed by atoms with E-state index >= 15 is 0 Å². The van der Waals surface area contributed by atoms with Crippen molar-refractivity contribution < 1.29 is 37.7 Å². The number of aliphatic carboxylic acids is 1. The second kappa shape index (κ2) is 14.0. The number of carbonyl (C=O) groups is 1. The van der Waals surface area contributed by atoms with E-state index in [1.165, 1.54) is 6.20 Å². The van der Waals surface area contributed by atoms with E-state index in [4.69, 9.17) is 24.5 Å². The zero-order chi connectivity index (χ0) is 31.0. The maximum absolute atomic E-state index is 14.5. The van der Waals surface area contributed by atoms with Crippen LogP contribution in [-0.4, -0.2) is 95.3 Å². The second-order valence-corrected chi connectivity index (χ2v) is 9.46. The van der Waals surface area contributed by atoms with Crippen LogP contribution in [0.5, 0.6) is 5.88 Å². The van der Waals surface area contributed by atoms with E-state index in [-0.39, 0.29) is 24.7 Å². The number of nitrogens with zero attached hydrogens (tertiary/aromatic N) is 6. The average Bonchev–Trinajstić information content (AvgIpc) is 3.29. The third-order valence-electron chi connectivity index (χ3n) is 6.60. The summed E-state index contributed by atoms with van der Waals surface area (Å²) in [6, 6.07) is 5.62. The molecule has 0 radical (unpaired) electrons. The molecule has 1 fully saturated rings. The first kappa shape index (κ1) is 31.3. The van der Waals surface area contributed by atoms with Gasteiger partial charge < -0.3 is 24.6 Å². The number of alkyl halides is 3. The van der Waals surface area contributed by atoms with Crippen LogP contribution < -0.4 is 15.1 Å². The first-order valence-corrected chi connectivity index (χ1v) is 13.2. The van der Waals surface area contributed by atoms with Crippen LogP contribution in [-0.2, 0) is 16.1 Å². The molecule has 228 valence electrons. The summed E-state index contributed by atoms with van der Waals surface area (Å²) >= 11 is 0. The number of carboxylic acid groups (broad SMARTS) is 1. The molecule has 0 amide bonds. The molecule has 0 saturated carbocycles. The number of hydrogen-bond donors (Lipinski definition) is 3. The van der Waals surface area contributed by atoms with Gasteiger partial charge in [0.25, 0.3) is 0 Å². The zero-order valence-electron chi connectivity index (χ0n) is 23.2. The molecule has 3 aliphatic heterocycles. The molecule has 5 rings (SSSR count). The van der Waals surface area contributed by atoms with Crippen molar-refractivity contribution in [3.05, 3.63) is 77.1 Å². The normalized spacial score (nSPS) is 17.7. The van der Waals surface area contributed by atoms with E-state index in [0.717, 1.165) is 49.1 Å². The zero-order valence-corrected chi connectivity index (χ0v) is 23.2. The molecular formula is C28H30F3N7O5. The van der Waals surface area contributed by atoms with Crippen LogP contribution in [0.4, 0.5) is 19.0 Å². The summed E-state index contributed by atoms with van der Waals surface area (Å²) in [6.45, 7) is 2.57. The van der Waals surface area contributed by atoms with Crippen molar-refractivity contribution in [2.45, 2.75) is 12.6 Å². The molecule has 0 bridgehead atoms. The van der Waals surface area contributed by atoms with E-state index in [9.17, 15) is 18.4 Å². The predicted molar refractivity (Wildman–Crippen MR) is 148 cm³/mol. The molecule has 0 spiro atoms. The predicted octanol–water partition coefficient (Wildman–Crippen LogP) is 2.29. The summed E-state index contributed by atoms with van der Waals surface area (Å²) in [7, 11) is 1.59. The van der Waals surface area contributed by atoms with Gasteiger partial charge in [-0.1, -0.05) is 6.07 Å². The highest BCUT2D eigenvalue weighted by Gasteiger charge is 2.48. The number of fused-ring (bicyclic) bond motifs is 1. The van der Waals surface area contributed by atoms with Gasteiger partial charge in [-0.15, -0.1) is 0 Å². The van der Waals surface area contributed by atoms with Crippen molar-refractivity contribution in [3.8, 4) is 11.9 Å². The Morgan fingerprint density at radius 3 is 2.47 bits per heavy atom. The molecule has 0 aromatic carbocycles. The number of allylic oxidation sites excluding steroid dienone is 2. The molecule has 0 atom stereocenters. The van der Waals surface area contributed by atoms with Crippen molar-refractivity contribution in [1.82, 2.24) is 25.3 Å². The minimum absolute atomic E-state index is 0.00213. The van der Waals surface area contributed by atoms with Crippen LogP contribution in [0.3, 0.4) is 0 Å². The Balaban J connectivity index is 0.000000782. The minimum atomic E-state index is -3.53. The number of aromatic nitrogens is 2. The van der Waals surface area contributed by atoms with Gasteiger partial charge in [-0.25, -0.2) is 19.2 Å². The number of anilines is 1. The summed E-state index contributed by atoms with van der Waals surface area (Å²) < 4.78 is 50.1. The van der Waals surface area contributed by atoms with Crippen molar-refractivity contribution in [2.24, 2.45) is 0 Å². The highest BCUT2D eigenvalue weighted by molar-refractivity contribution is 5.84. The molecule has 0 aliphatic carbocycles. The molecule has 1 saturated heterocycles. The van der Waals surface area contributed by atoms with E-state index in [1.54, 1.807) is 31.5 Å². The van der Waals surface area contributed by atoms with Crippen molar-refractivity contribution in [1.29, 1.82) is 5.26 Å². The van der Waals surface area contributed by atoms with Crippen LogP contribution >= 0.6 is 0 Å². The molecule has 2 aromatic rings. The maximum atomic E-state index is 14.5. The second-order valence-electron chi connectivity index (χ2n) is 9.46. The van der Waals surface area contributed by atoms with Crippen LogP contribution in [0, 0.1) is 11.3 Å². The van der Waals surface area contributed by atoms with Gasteiger partial charge in [0.05, 0.1) is 25.6 Å². The Morgan fingerprint density at radius 1 is 1.16 bits per heavy atom. The summed E-state index contributed by atoms with van der Waals surface area (Å²) in [5.41, 5.74) is 3.44. The van der Waals surface area contributed by atoms with Gasteiger partial charge in [-0.3, -0.25) is 9.91 Å². The minimum Gasteiger partial charge on any atom is -0.490 e. The molecule has 2 aromatic heterocycles. The number of methoxy groups -OCH3 is 1. The van der Waals surface area contributed by atoms with Gasteiger partial charge in [0.2, 0.25) is 5.88 Å². The number of nitrogens with one attached hydrogen (secondary N) is 1. The van der Waals surface area contributed by atoms with Gasteiger partial charge >= 0.3 is 12.0 Å². The van der Waals surface area contributed by atoms with Crippen molar-refractivity contribution in [3.63, 3.8) is 0 Å². The Labute approximate surface area is 245 Å². The van der Waals surface area contributed by atoms with Gasteiger partial charge in [0, 0.05) is 62.3 Å². The SMILES string of the molecule is COc1ccc(CN2CCN(c3ccc(C4=CC(OCCO)=CN5NC(F)(F)C(C#N)=C45)cn3)CC2)cn1.O=C(O)CF. The number of aliphatic hydroxyl groups is 1. The number of pyridine rings is 2. The summed E-state index contributed by atoms with van der Waals surface area (Å²) in [5, 5.41) is 27.0. The van der Waals surface area contributed by atoms with Crippen LogP contribution in [0.1, 0.15) is 11.1 Å². The Morgan fingerprint density at radius 2 is 1.91 bits per heavy atom. The van der Waals surface area contributed by atoms with Gasteiger partial charge in [0.15, 0.2) is 6.67 Å². The Bertz CT molecular complexity index is 1420. The van der Waals surface area contributed by atoms with E-state index in [2.05, 4.69) is 19.8 Å². The fourth-order valence-corrected chi connectivity index (χ4v) is 4.61. The summed E-state index contributed by atoms with van der Waals surface area (Å²) in [5.74, 6) is 0.231. The standard InChI is InChI=1S/C26H27F2N7O3.C2H3FO2/c1-37-24-5-2-18(14-31-24)16-33-6-8-34(9-7-33)23-4-3-19(15-30-23)21-12-20(38-11-10-36)17-35-25(21)22(13-29)26(27,28)32-35;3-1-2(4)5/h2-5,12,14-15,17,32,36H,6-11,16H2,1H3;1H2,(H,4,5). The Kier molecular flexibility index (Phi) is 10.2. The molecule has 3 N–H and O–H groups in total. The fraction of sp³-hybridized carbons (Fsp3) is 0.357. The summed E-state index contributed by atoms with van der Waals surface area (Å²) in [6.07, 6.45) is 6.34. The monoisotopic (exact) mass is 601 g/mol. The maximum Gasteiger partial charge on any atom is 0.357 e. The lowest BCUT2D eigenvalue weighted by Gasteiger charge is -2.35.